The average Bonchev–Trinajstić information content (AvgIpc) is 2.57. The summed E-state index contributed by atoms with van der Waals surface area (Å²) < 4.78 is 10.6. The van der Waals surface area contributed by atoms with E-state index in [1.807, 2.05) is 31.2 Å². The number of amides is 1. The van der Waals surface area contributed by atoms with Crippen molar-refractivity contribution in [3.63, 3.8) is 0 Å². The minimum Gasteiger partial charge on any atom is -0.479 e. The number of carbonyl (C=O) groups is 2. The molecule has 1 amide bonds. The minimum atomic E-state index is -0.714. The van der Waals surface area contributed by atoms with Crippen LogP contribution in [-0.4, -0.2) is 24.1 Å². The van der Waals surface area contributed by atoms with Crippen LogP contribution in [0.1, 0.15) is 36.7 Å². The van der Waals surface area contributed by atoms with E-state index in [-0.39, 0.29) is 12.0 Å². The number of anilines is 1. The average molecular weight is 341 g/mol. The van der Waals surface area contributed by atoms with Crippen LogP contribution in [0.2, 0.25) is 0 Å². The van der Waals surface area contributed by atoms with Gasteiger partial charge in [0.25, 0.3) is 5.91 Å². The number of hydrogen-bond acceptors (Lipinski definition) is 4. The van der Waals surface area contributed by atoms with Gasteiger partial charge >= 0.3 is 5.97 Å². The van der Waals surface area contributed by atoms with E-state index in [0.29, 0.717) is 11.3 Å². The second-order valence-electron chi connectivity index (χ2n) is 6.04. The van der Waals surface area contributed by atoms with Gasteiger partial charge in [0.1, 0.15) is 5.75 Å². The Bertz CT molecular complexity index is 738. The van der Waals surface area contributed by atoms with Crippen LogP contribution < -0.4 is 10.1 Å². The van der Waals surface area contributed by atoms with E-state index >= 15 is 0 Å². The van der Waals surface area contributed by atoms with Gasteiger partial charge in [0.2, 0.25) is 0 Å². The monoisotopic (exact) mass is 341 g/mol. The molecule has 132 valence electrons. The number of ether oxygens (including phenoxy) is 2. The number of esters is 1. The third kappa shape index (κ3) is 5.35. The highest BCUT2D eigenvalue weighted by atomic mass is 16.6. The van der Waals surface area contributed by atoms with E-state index in [4.69, 9.17) is 9.47 Å². The van der Waals surface area contributed by atoms with Crippen LogP contribution in [0.4, 0.5) is 5.69 Å². The molecule has 0 heterocycles. The van der Waals surface area contributed by atoms with Crippen LogP contribution in [0.5, 0.6) is 5.75 Å². The Morgan fingerprint density at radius 3 is 2.20 bits per heavy atom. The van der Waals surface area contributed by atoms with Crippen molar-refractivity contribution in [1.29, 1.82) is 0 Å². The molecule has 0 aromatic heterocycles. The molecule has 1 atom stereocenters. The predicted octanol–water partition coefficient (Wildman–Crippen LogP) is 3.97. The van der Waals surface area contributed by atoms with Gasteiger partial charge in [-0.25, -0.2) is 4.79 Å². The number of aryl methyl sites for hydroxylation is 1. The lowest BCUT2D eigenvalue weighted by Crippen LogP contribution is -2.28. The molecule has 2 aromatic carbocycles. The Hall–Kier alpha value is -2.82. The van der Waals surface area contributed by atoms with Crippen molar-refractivity contribution in [3.05, 3.63) is 59.7 Å². The maximum absolute atomic E-state index is 12.3. The fourth-order valence-corrected chi connectivity index (χ4v) is 2.17. The predicted molar refractivity (Wildman–Crippen MR) is 96.9 cm³/mol. The van der Waals surface area contributed by atoms with Gasteiger partial charge in [0.15, 0.2) is 6.10 Å². The Morgan fingerprint density at radius 2 is 1.60 bits per heavy atom. The van der Waals surface area contributed by atoms with Gasteiger partial charge in [-0.15, -0.1) is 0 Å². The van der Waals surface area contributed by atoms with Crippen LogP contribution >= 0.6 is 0 Å². The molecule has 5 heteroatoms. The fraction of sp³-hybridized carbons (Fsp3) is 0.300. The van der Waals surface area contributed by atoms with Crippen molar-refractivity contribution in [1.82, 2.24) is 0 Å². The zero-order valence-electron chi connectivity index (χ0n) is 14.9. The number of hydrogen-bond donors (Lipinski definition) is 1. The molecule has 0 aliphatic carbocycles. The molecule has 2 rings (SSSR count). The molecule has 0 spiro atoms. The Balaban J connectivity index is 1.98. The van der Waals surface area contributed by atoms with Crippen molar-refractivity contribution >= 4 is 17.6 Å². The number of nitrogens with one attached hydrogen (secondary N) is 1. The lowest BCUT2D eigenvalue weighted by Gasteiger charge is -2.16. The van der Waals surface area contributed by atoms with Gasteiger partial charge in [0.05, 0.1) is 6.10 Å². The van der Waals surface area contributed by atoms with Crippen molar-refractivity contribution in [2.45, 2.75) is 39.9 Å². The molecular weight excluding hydrogens is 318 g/mol. The normalized spacial score (nSPS) is 11.7. The molecule has 0 aliphatic rings. The van der Waals surface area contributed by atoms with E-state index in [2.05, 4.69) is 5.32 Å². The molecule has 0 saturated carbocycles. The maximum Gasteiger partial charge on any atom is 0.347 e. The zero-order chi connectivity index (χ0) is 18.4. The summed E-state index contributed by atoms with van der Waals surface area (Å²) >= 11 is 0. The molecule has 0 bridgehead atoms. The number of rotatable bonds is 6. The molecule has 2 aromatic rings. The van der Waals surface area contributed by atoms with E-state index in [9.17, 15) is 9.59 Å². The fourth-order valence-electron chi connectivity index (χ4n) is 2.17. The smallest absolute Gasteiger partial charge is 0.347 e. The first-order chi connectivity index (χ1) is 11.9. The van der Waals surface area contributed by atoms with Gasteiger partial charge in [-0.1, -0.05) is 18.2 Å². The van der Waals surface area contributed by atoms with Crippen LogP contribution in [0.3, 0.4) is 0 Å². The highest BCUT2D eigenvalue weighted by Gasteiger charge is 2.17. The third-order valence-electron chi connectivity index (χ3n) is 3.51. The highest BCUT2D eigenvalue weighted by molar-refractivity contribution is 6.04. The molecule has 25 heavy (non-hydrogen) atoms. The molecule has 0 saturated heterocycles. The quantitative estimate of drug-likeness (QED) is 0.808. The summed E-state index contributed by atoms with van der Waals surface area (Å²) in [5.74, 6) is -0.120. The second kappa shape index (κ2) is 8.33. The van der Waals surface area contributed by atoms with Crippen LogP contribution in [-0.2, 0) is 9.53 Å². The van der Waals surface area contributed by atoms with Crippen molar-refractivity contribution in [2.24, 2.45) is 0 Å². The lowest BCUT2D eigenvalue weighted by molar-refractivity contribution is -0.154. The number of benzene rings is 2. The number of carbonyl (C=O) groups excluding carboxylic acids is 2. The van der Waals surface area contributed by atoms with Gasteiger partial charge < -0.3 is 14.8 Å². The highest BCUT2D eigenvalue weighted by Crippen LogP contribution is 2.18. The summed E-state index contributed by atoms with van der Waals surface area (Å²) in [4.78, 5) is 24.1. The van der Waals surface area contributed by atoms with E-state index in [1.54, 1.807) is 45.0 Å². The van der Waals surface area contributed by atoms with Gasteiger partial charge in [-0.05, 0) is 63.6 Å². The molecule has 0 fully saturated rings. The van der Waals surface area contributed by atoms with Crippen molar-refractivity contribution < 1.29 is 19.1 Å². The maximum atomic E-state index is 12.3. The topological polar surface area (TPSA) is 64.6 Å². The van der Waals surface area contributed by atoms with Crippen molar-refractivity contribution in [2.75, 3.05) is 5.32 Å². The second-order valence-corrected chi connectivity index (χ2v) is 6.04. The first-order valence-electron chi connectivity index (χ1n) is 8.21. The van der Waals surface area contributed by atoms with Gasteiger partial charge in [0, 0.05) is 11.3 Å². The first kappa shape index (κ1) is 18.5. The minimum absolute atomic E-state index is 0.189. The van der Waals surface area contributed by atoms with E-state index in [1.165, 1.54) is 0 Å². The van der Waals surface area contributed by atoms with Gasteiger partial charge in [-0.3, -0.25) is 4.79 Å². The van der Waals surface area contributed by atoms with Crippen LogP contribution in [0.15, 0.2) is 48.5 Å². The van der Waals surface area contributed by atoms with Crippen LogP contribution in [0, 0.1) is 6.92 Å². The Morgan fingerprint density at radius 1 is 0.960 bits per heavy atom. The number of para-hydroxylation sites is 1. The summed E-state index contributed by atoms with van der Waals surface area (Å²) in [6, 6.07) is 14.2. The summed E-state index contributed by atoms with van der Waals surface area (Å²) in [7, 11) is 0. The summed E-state index contributed by atoms with van der Waals surface area (Å²) in [6.07, 6.45) is -0.903. The summed E-state index contributed by atoms with van der Waals surface area (Å²) in [6.45, 7) is 7.13. The lowest BCUT2D eigenvalue weighted by atomic mass is 10.1. The largest absolute Gasteiger partial charge is 0.479 e. The summed E-state index contributed by atoms with van der Waals surface area (Å²) in [5.41, 5.74) is 2.28. The SMILES string of the molecule is Cc1ccccc1NC(=O)c1ccc(OC(C)C(=O)OC(C)C)cc1. The van der Waals surface area contributed by atoms with E-state index < -0.39 is 12.1 Å². The van der Waals surface area contributed by atoms with Crippen molar-refractivity contribution in [3.8, 4) is 5.75 Å². The zero-order valence-corrected chi connectivity index (χ0v) is 14.9. The summed E-state index contributed by atoms with van der Waals surface area (Å²) in [5, 5.41) is 2.87. The standard InChI is InChI=1S/C20H23NO4/c1-13(2)24-20(23)15(4)25-17-11-9-16(10-12-17)19(22)21-18-8-6-5-7-14(18)3/h5-13,15H,1-4H3,(H,21,22). The first-order valence-corrected chi connectivity index (χ1v) is 8.21. The third-order valence-corrected chi connectivity index (χ3v) is 3.51. The van der Waals surface area contributed by atoms with Crippen LogP contribution in [0.25, 0.3) is 0 Å². The van der Waals surface area contributed by atoms with E-state index in [0.717, 1.165) is 11.3 Å². The molecular formula is C20H23NO4. The molecule has 0 aliphatic heterocycles. The Labute approximate surface area is 148 Å². The molecule has 1 N–H and O–H groups in total. The Kier molecular flexibility index (Phi) is 6.17. The molecule has 5 nitrogen and oxygen atoms in total. The van der Waals surface area contributed by atoms with Gasteiger partial charge in [-0.2, -0.15) is 0 Å². The molecule has 0 radical (unpaired) electrons. The molecule has 1 unspecified atom stereocenters.